The van der Waals surface area contributed by atoms with Crippen molar-refractivity contribution in [2.45, 2.75) is 13.2 Å². The van der Waals surface area contributed by atoms with Crippen molar-refractivity contribution < 1.29 is 22.7 Å². The van der Waals surface area contributed by atoms with E-state index in [1.54, 1.807) is 18.2 Å². The Balaban J connectivity index is 1.38. The van der Waals surface area contributed by atoms with Crippen LogP contribution in [0.4, 0.5) is 14.6 Å². The molecule has 164 valence electrons. The molecule has 0 aliphatic heterocycles. The van der Waals surface area contributed by atoms with E-state index < -0.39 is 11.7 Å². The molecular formula is C22H15Cl2F2N3O3. The number of nitrogens with zero attached hydrogens (tertiary/aromatic N) is 2. The second-order valence-corrected chi connectivity index (χ2v) is 7.55. The summed E-state index contributed by atoms with van der Waals surface area (Å²) in [5, 5.41) is 7.13. The number of nitrogens with one attached hydrogen (secondary N) is 1. The first kappa shape index (κ1) is 21.9. The number of halogens is 4. The van der Waals surface area contributed by atoms with Crippen molar-refractivity contribution in [3.8, 4) is 5.75 Å². The van der Waals surface area contributed by atoms with E-state index in [0.717, 1.165) is 6.07 Å². The lowest BCUT2D eigenvalue weighted by molar-refractivity contribution is 0.0992. The summed E-state index contributed by atoms with van der Waals surface area (Å²) in [6.07, 6.45) is 1.52. The van der Waals surface area contributed by atoms with Crippen LogP contribution in [0, 0.1) is 11.6 Å². The molecule has 1 amide bonds. The van der Waals surface area contributed by atoms with Crippen molar-refractivity contribution in [3.63, 3.8) is 0 Å². The minimum atomic E-state index is -0.561. The van der Waals surface area contributed by atoms with Gasteiger partial charge in [0.1, 0.15) is 34.8 Å². The quantitative estimate of drug-likeness (QED) is 0.357. The molecule has 0 unspecified atom stereocenters. The van der Waals surface area contributed by atoms with Crippen molar-refractivity contribution in [2.75, 3.05) is 5.32 Å². The van der Waals surface area contributed by atoms with Gasteiger partial charge in [0, 0.05) is 6.20 Å². The third kappa shape index (κ3) is 5.27. The van der Waals surface area contributed by atoms with Crippen molar-refractivity contribution in [2.24, 2.45) is 0 Å². The average molecular weight is 478 g/mol. The van der Waals surface area contributed by atoms with Crippen LogP contribution in [0.2, 0.25) is 10.0 Å². The van der Waals surface area contributed by atoms with Gasteiger partial charge in [-0.1, -0.05) is 35.3 Å². The number of hydrogen-bond donors (Lipinski definition) is 1. The molecule has 0 atom stereocenters. The van der Waals surface area contributed by atoms with E-state index in [4.69, 9.17) is 32.4 Å². The first-order chi connectivity index (χ1) is 15.4. The van der Waals surface area contributed by atoms with Crippen LogP contribution in [0.1, 0.15) is 21.9 Å². The maximum absolute atomic E-state index is 13.3. The predicted octanol–water partition coefficient (Wildman–Crippen LogP) is 5.94. The van der Waals surface area contributed by atoms with Gasteiger partial charge in [-0.15, -0.1) is 0 Å². The third-order valence-electron chi connectivity index (χ3n) is 4.33. The molecule has 0 aliphatic carbocycles. The number of aromatic nitrogens is 2. The highest BCUT2D eigenvalue weighted by molar-refractivity contribution is 6.33. The first-order valence-electron chi connectivity index (χ1n) is 9.33. The van der Waals surface area contributed by atoms with E-state index >= 15 is 0 Å². The van der Waals surface area contributed by atoms with Crippen LogP contribution in [0.5, 0.6) is 5.75 Å². The van der Waals surface area contributed by atoms with Gasteiger partial charge in [0.15, 0.2) is 11.6 Å². The molecule has 2 aromatic heterocycles. The topological polar surface area (TPSA) is 69.3 Å². The molecule has 4 rings (SSSR count). The molecule has 0 spiro atoms. The Morgan fingerprint density at radius 1 is 1.06 bits per heavy atom. The predicted molar refractivity (Wildman–Crippen MR) is 115 cm³/mol. The zero-order valence-electron chi connectivity index (χ0n) is 16.3. The highest BCUT2D eigenvalue weighted by Crippen LogP contribution is 2.26. The minimum absolute atomic E-state index is 0.0123. The second kappa shape index (κ2) is 9.42. The zero-order chi connectivity index (χ0) is 22.7. The van der Waals surface area contributed by atoms with Gasteiger partial charge in [0.2, 0.25) is 0 Å². The van der Waals surface area contributed by atoms with E-state index in [2.05, 4.69) is 10.4 Å². The fraction of sp³-hybridized carbons (Fsp3) is 0.0909. The van der Waals surface area contributed by atoms with Crippen LogP contribution in [0.3, 0.4) is 0 Å². The molecule has 0 radical (unpaired) electrons. The van der Waals surface area contributed by atoms with E-state index in [-0.39, 0.29) is 46.3 Å². The molecule has 10 heteroatoms. The Morgan fingerprint density at radius 2 is 1.88 bits per heavy atom. The monoisotopic (exact) mass is 477 g/mol. The maximum Gasteiger partial charge on any atom is 0.292 e. The number of rotatable bonds is 7. The average Bonchev–Trinajstić information content (AvgIpc) is 3.34. The summed E-state index contributed by atoms with van der Waals surface area (Å²) in [6.45, 7) is 0.267. The van der Waals surface area contributed by atoms with E-state index in [1.807, 2.05) is 0 Å². The van der Waals surface area contributed by atoms with Crippen molar-refractivity contribution in [3.05, 3.63) is 99.6 Å². The summed E-state index contributed by atoms with van der Waals surface area (Å²) in [5.74, 6) is -0.590. The molecule has 0 fully saturated rings. The number of ether oxygens (including phenoxy) is 1. The zero-order valence-corrected chi connectivity index (χ0v) is 17.8. The van der Waals surface area contributed by atoms with E-state index in [0.29, 0.717) is 11.3 Å². The molecular weight excluding hydrogens is 463 g/mol. The number of anilines is 1. The molecule has 4 aromatic rings. The van der Waals surface area contributed by atoms with Crippen molar-refractivity contribution in [1.29, 1.82) is 0 Å². The maximum atomic E-state index is 13.3. The highest BCUT2D eigenvalue weighted by Gasteiger charge is 2.16. The lowest BCUT2D eigenvalue weighted by Crippen LogP contribution is -2.12. The lowest BCUT2D eigenvalue weighted by Gasteiger charge is -2.06. The number of hydrogen-bond acceptors (Lipinski definition) is 4. The number of benzene rings is 2. The number of carbonyl (C=O) groups is 1. The normalized spacial score (nSPS) is 10.9. The van der Waals surface area contributed by atoms with Gasteiger partial charge in [-0.2, -0.15) is 5.10 Å². The Labute approximate surface area is 191 Å². The smallest absolute Gasteiger partial charge is 0.292 e. The van der Waals surface area contributed by atoms with Gasteiger partial charge in [0.25, 0.3) is 5.91 Å². The summed E-state index contributed by atoms with van der Waals surface area (Å²) >= 11 is 12.1. The van der Waals surface area contributed by atoms with E-state index in [9.17, 15) is 13.6 Å². The van der Waals surface area contributed by atoms with Crippen molar-refractivity contribution >= 4 is 34.9 Å². The molecule has 1 N–H and O–H groups in total. The largest absolute Gasteiger partial charge is 0.484 e. The number of carbonyl (C=O) groups excluding carboxylic acids is 1. The molecule has 2 heterocycles. The summed E-state index contributed by atoms with van der Waals surface area (Å²) in [7, 11) is 0. The standard InChI is InChI=1S/C22H15Cl2F2N3O3/c23-17-9-15(26)4-6-19(17)31-12-16-5-7-20(32-16)22(30)27-21-18(24)11-29(28-21)10-13-2-1-3-14(25)8-13/h1-9,11H,10,12H2,(H,27,28,30). The second-order valence-electron chi connectivity index (χ2n) is 6.74. The molecule has 0 bridgehead atoms. The van der Waals surface area contributed by atoms with Crippen LogP contribution in [0.15, 0.2) is 65.2 Å². The van der Waals surface area contributed by atoms with Crippen molar-refractivity contribution in [1.82, 2.24) is 9.78 Å². The lowest BCUT2D eigenvalue weighted by atomic mass is 10.2. The Bertz CT molecular complexity index is 1270. The summed E-state index contributed by atoms with van der Waals surface area (Å²) in [5.41, 5.74) is 0.693. The fourth-order valence-corrected chi connectivity index (χ4v) is 3.29. The number of furan rings is 1. The summed E-state index contributed by atoms with van der Waals surface area (Å²) < 4.78 is 38.9. The third-order valence-corrected chi connectivity index (χ3v) is 4.90. The van der Waals surface area contributed by atoms with Gasteiger partial charge < -0.3 is 14.5 Å². The summed E-state index contributed by atoms with van der Waals surface area (Å²) in [4.78, 5) is 12.5. The molecule has 32 heavy (non-hydrogen) atoms. The number of amides is 1. The van der Waals surface area contributed by atoms with E-state index in [1.165, 1.54) is 41.2 Å². The Kier molecular flexibility index (Phi) is 6.43. The van der Waals surface area contributed by atoms with Gasteiger partial charge >= 0.3 is 0 Å². The minimum Gasteiger partial charge on any atom is -0.484 e. The van der Waals surface area contributed by atoms with Gasteiger partial charge in [-0.05, 0) is 48.0 Å². The van der Waals surface area contributed by atoms with Crippen LogP contribution < -0.4 is 10.1 Å². The van der Waals surface area contributed by atoms with Crippen LogP contribution in [-0.2, 0) is 13.2 Å². The molecule has 2 aromatic carbocycles. The Hall–Kier alpha value is -3.36. The SMILES string of the molecule is O=C(Nc1nn(Cc2cccc(F)c2)cc1Cl)c1ccc(COc2ccc(F)cc2Cl)o1. The first-order valence-corrected chi connectivity index (χ1v) is 10.1. The molecule has 0 saturated carbocycles. The van der Waals surface area contributed by atoms with Crippen LogP contribution >= 0.6 is 23.2 Å². The van der Waals surface area contributed by atoms with Crippen LogP contribution in [0.25, 0.3) is 0 Å². The molecule has 6 nitrogen and oxygen atoms in total. The van der Waals surface area contributed by atoms with Gasteiger partial charge in [0.05, 0.1) is 11.6 Å². The van der Waals surface area contributed by atoms with Gasteiger partial charge in [-0.3, -0.25) is 9.48 Å². The van der Waals surface area contributed by atoms with Gasteiger partial charge in [-0.25, -0.2) is 8.78 Å². The molecule has 0 aliphatic rings. The summed E-state index contributed by atoms with van der Waals surface area (Å²) in [6, 6.07) is 12.9. The Morgan fingerprint density at radius 3 is 2.66 bits per heavy atom. The molecule has 0 saturated heterocycles. The van der Waals surface area contributed by atoms with Crippen LogP contribution in [-0.4, -0.2) is 15.7 Å². The fourth-order valence-electron chi connectivity index (χ4n) is 2.87. The highest BCUT2D eigenvalue weighted by atomic mass is 35.5.